The van der Waals surface area contributed by atoms with Gasteiger partial charge in [0.05, 0.1) is 13.2 Å². The number of rotatable bonds is 6. The molecule has 0 amide bonds. The fourth-order valence-electron chi connectivity index (χ4n) is 2.24. The minimum Gasteiger partial charge on any atom is -0.507 e. The zero-order valence-electron chi connectivity index (χ0n) is 12.3. The number of aromatic hydroxyl groups is 1. The van der Waals surface area contributed by atoms with Crippen LogP contribution in [0.5, 0.6) is 11.5 Å². The highest BCUT2D eigenvalue weighted by Gasteiger charge is 2.11. The van der Waals surface area contributed by atoms with Crippen LogP contribution in [-0.4, -0.2) is 23.9 Å². The molecule has 3 N–H and O–H groups in total. The van der Waals surface area contributed by atoms with Gasteiger partial charge in [-0.25, -0.2) is 0 Å². The van der Waals surface area contributed by atoms with Crippen LogP contribution in [0.4, 0.5) is 5.69 Å². The Labute approximate surface area is 125 Å². The van der Waals surface area contributed by atoms with Crippen LogP contribution in [0.1, 0.15) is 24.1 Å². The third-order valence-corrected chi connectivity index (χ3v) is 3.44. The minimum absolute atomic E-state index is 0.0282. The van der Waals surface area contributed by atoms with Gasteiger partial charge >= 0.3 is 0 Å². The lowest BCUT2D eigenvalue weighted by Gasteiger charge is -2.17. The third-order valence-electron chi connectivity index (χ3n) is 3.44. The lowest BCUT2D eigenvalue weighted by molar-refractivity contribution is 0.299. The number of methoxy groups -OCH3 is 1. The summed E-state index contributed by atoms with van der Waals surface area (Å²) in [5.74, 6) is 0.850. The molecule has 2 aromatic rings. The molecule has 0 bridgehead atoms. The fourth-order valence-corrected chi connectivity index (χ4v) is 2.24. The fraction of sp³-hybridized carbons (Fsp3) is 0.294. The molecule has 0 saturated heterocycles. The van der Waals surface area contributed by atoms with Crippen molar-refractivity contribution in [2.75, 3.05) is 19.0 Å². The zero-order chi connectivity index (χ0) is 15.2. The first-order valence-electron chi connectivity index (χ1n) is 6.97. The molecular weight excluding hydrogens is 266 g/mol. The molecule has 0 spiro atoms. The van der Waals surface area contributed by atoms with E-state index in [9.17, 15) is 5.11 Å². The molecule has 4 nitrogen and oxygen atoms in total. The van der Waals surface area contributed by atoms with Gasteiger partial charge in [-0.15, -0.1) is 0 Å². The van der Waals surface area contributed by atoms with Crippen LogP contribution >= 0.6 is 0 Å². The van der Waals surface area contributed by atoms with Crippen molar-refractivity contribution in [3.05, 3.63) is 53.6 Å². The normalized spacial score (nSPS) is 12.0. The van der Waals surface area contributed by atoms with E-state index in [1.807, 2.05) is 43.3 Å². The van der Waals surface area contributed by atoms with Crippen molar-refractivity contribution >= 4 is 5.69 Å². The van der Waals surface area contributed by atoms with Crippen molar-refractivity contribution in [3.63, 3.8) is 0 Å². The monoisotopic (exact) mass is 287 g/mol. The molecule has 0 saturated carbocycles. The van der Waals surface area contributed by atoms with Crippen molar-refractivity contribution in [2.45, 2.75) is 19.4 Å². The summed E-state index contributed by atoms with van der Waals surface area (Å²) in [7, 11) is 1.57. The smallest absolute Gasteiger partial charge is 0.124 e. The Bertz CT molecular complexity index is 581. The number of ether oxygens (including phenoxy) is 1. The maximum atomic E-state index is 10.0. The number of hydrogen-bond acceptors (Lipinski definition) is 4. The minimum atomic E-state index is -0.0282. The predicted octanol–water partition coefficient (Wildman–Crippen LogP) is 3.11. The molecule has 1 atom stereocenters. The van der Waals surface area contributed by atoms with Gasteiger partial charge in [-0.2, -0.15) is 0 Å². The molecule has 112 valence electrons. The number of aliphatic hydroxyl groups excluding tert-OH is 1. The van der Waals surface area contributed by atoms with E-state index in [-0.39, 0.29) is 18.4 Å². The van der Waals surface area contributed by atoms with Crippen LogP contribution in [0.2, 0.25) is 0 Å². The summed E-state index contributed by atoms with van der Waals surface area (Å²) in [5, 5.41) is 22.3. The number of anilines is 1. The molecule has 4 heteroatoms. The molecule has 0 aliphatic rings. The summed E-state index contributed by atoms with van der Waals surface area (Å²) in [5.41, 5.74) is 2.89. The van der Waals surface area contributed by atoms with Gasteiger partial charge in [-0.05, 0) is 43.2 Å². The molecule has 1 unspecified atom stereocenters. The molecule has 2 rings (SSSR count). The van der Waals surface area contributed by atoms with E-state index < -0.39 is 0 Å². The quantitative estimate of drug-likeness (QED) is 0.764. The van der Waals surface area contributed by atoms with E-state index in [4.69, 9.17) is 9.84 Å². The largest absolute Gasteiger partial charge is 0.507 e. The Morgan fingerprint density at radius 2 is 1.86 bits per heavy atom. The van der Waals surface area contributed by atoms with E-state index in [1.54, 1.807) is 13.2 Å². The summed E-state index contributed by atoms with van der Waals surface area (Å²) in [4.78, 5) is 0. The van der Waals surface area contributed by atoms with Gasteiger partial charge in [0.15, 0.2) is 0 Å². The molecule has 0 aliphatic carbocycles. The highest BCUT2D eigenvalue weighted by Crippen LogP contribution is 2.30. The number of phenols is 1. The van der Waals surface area contributed by atoms with Gasteiger partial charge in [0.2, 0.25) is 0 Å². The number of hydrogen-bond donors (Lipinski definition) is 3. The topological polar surface area (TPSA) is 61.7 Å². The van der Waals surface area contributed by atoms with Crippen molar-refractivity contribution in [1.29, 1.82) is 0 Å². The van der Waals surface area contributed by atoms with Gasteiger partial charge in [-0.3, -0.25) is 0 Å². The Kier molecular flexibility index (Phi) is 5.06. The highest BCUT2D eigenvalue weighted by molar-refractivity contribution is 5.49. The van der Waals surface area contributed by atoms with Crippen molar-refractivity contribution in [1.82, 2.24) is 0 Å². The van der Waals surface area contributed by atoms with E-state index in [1.165, 1.54) is 0 Å². The van der Waals surface area contributed by atoms with Gasteiger partial charge in [0, 0.05) is 23.9 Å². The summed E-state index contributed by atoms with van der Waals surface area (Å²) >= 11 is 0. The summed E-state index contributed by atoms with van der Waals surface area (Å²) < 4.78 is 5.08. The maximum Gasteiger partial charge on any atom is 0.124 e. The summed E-state index contributed by atoms with van der Waals surface area (Å²) in [6, 6.07) is 13.2. The Hall–Kier alpha value is -2.20. The summed E-state index contributed by atoms with van der Waals surface area (Å²) in [6.45, 7) is 2.14. The molecule has 0 aromatic heterocycles. The second-order valence-electron chi connectivity index (χ2n) is 4.96. The Morgan fingerprint density at radius 3 is 2.43 bits per heavy atom. The van der Waals surface area contributed by atoms with E-state index in [0.717, 1.165) is 16.8 Å². The number of phenolic OH excluding ortho intramolecular Hbond substituents is 1. The maximum absolute atomic E-state index is 10.0. The highest BCUT2D eigenvalue weighted by atomic mass is 16.5. The second-order valence-corrected chi connectivity index (χ2v) is 4.96. The molecule has 0 radical (unpaired) electrons. The van der Waals surface area contributed by atoms with Gasteiger partial charge in [-0.1, -0.05) is 12.1 Å². The first-order valence-corrected chi connectivity index (χ1v) is 6.97. The standard InChI is InChI=1S/C17H21NO3/c1-12(16-8-7-15(21-2)11-17(16)20)18-14-5-3-13(4-6-14)9-10-19/h3-8,11-12,18-20H,9-10H2,1-2H3. The summed E-state index contributed by atoms with van der Waals surface area (Å²) in [6.07, 6.45) is 0.662. The van der Waals surface area contributed by atoms with Gasteiger partial charge < -0.3 is 20.3 Å². The lowest BCUT2D eigenvalue weighted by Crippen LogP contribution is -2.07. The molecule has 0 fully saturated rings. The van der Waals surface area contributed by atoms with E-state index in [2.05, 4.69) is 5.32 Å². The lowest BCUT2D eigenvalue weighted by atomic mass is 10.1. The third kappa shape index (κ3) is 3.89. The van der Waals surface area contributed by atoms with Crippen LogP contribution in [-0.2, 0) is 6.42 Å². The Morgan fingerprint density at radius 1 is 1.14 bits per heavy atom. The molecule has 0 aliphatic heterocycles. The molecule has 21 heavy (non-hydrogen) atoms. The van der Waals surface area contributed by atoms with Gasteiger partial charge in [0.1, 0.15) is 11.5 Å². The predicted molar refractivity (Wildman–Crippen MR) is 83.9 cm³/mol. The molecular formula is C17H21NO3. The number of nitrogens with one attached hydrogen (secondary N) is 1. The van der Waals surface area contributed by atoms with Crippen LogP contribution in [0.15, 0.2) is 42.5 Å². The average molecular weight is 287 g/mol. The SMILES string of the molecule is COc1ccc(C(C)Nc2ccc(CCO)cc2)c(O)c1. The van der Waals surface area contributed by atoms with Crippen molar-refractivity contribution in [3.8, 4) is 11.5 Å². The van der Waals surface area contributed by atoms with Crippen LogP contribution in [0, 0.1) is 0 Å². The molecule has 0 heterocycles. The Balaban J connectivity index is 2.08. The molecule has 2 aromatic carbocycles. The van der Waals surface area contributed by atoms with Crippen LogP contribution in [0.25, 0.3) is 0 Å². The van der Waals surface area contributed by atoms with Gasteiger partial charge in [0.25, 0.3) is 0 Å². The second kappa shape index (κ2) is 6.99. The first-order chi connectivity index (χ1) is 10.1. The van der Waals surface area contributed by atoms with Crippen molar-refractivity contribution < 1.29 is 14.9 Å². The van der Waals surface area contributed by atoms with E-state index >= 15 is 0 Å². The van der Waals surface area contributed by atoms with E-state index in [0.29, 0.717) is 12.2 Å². The first kappa shape index (κ1) is 15.2. The van der Waals surface area contributed by atoms with Crippen molar-refractivity contribution in [2.24, 2.45) is 0 Å². The van der Waals surface area contributed by atoms with Crippen LogP contribution < -0.4 is 10.1 Å². The zero-order valence-corrected chi connectivity index (χ0v) is 12.3. The number of benzene rings is 2. The number of aliphatic hydroxyl groups is 1. The average Bonchev–Trinajstić information content (AvgIpc) is 2.49. The van der Waals surface area contributed by atoms with Crippen LogP contribution in [0.3, 0.4) is 0 Å².